The minimum absolute atomic E-state index is 0.0567. The first kappa shape index (κ1) is 27.9. The summed E-state index contributed by atoms with van der Waals surface area (Å²) in [7, 11) is -4.78. The summed E-state index contributed by atoms with van der Waals surface area (Å²) in [4.78, 5) is 25.8. The highest BCUT2D eigenvalue weighted by atomic mass is 32.2. The van der Waals surface area contributed by atoms with Gasteiger partial charge >= 0.3 is 6.03 Å². The van der Waals surface area contributed by atoms with Crippen LogP contribution in [0.1, 0.15) is 19.3 Å². The fraction of sp³-hybridized carbons (Fsp3) is 0.375. The molecule has 0 spiro atoms. The lowest BCUT2D eigenvalue weighted by atomic mass is 10.0. The summed E-state index contributed by atoms with van der Waals surface area (Å²) in [5.41, 5.74) is -0.905. The summed E-state index contributed by atoms with van der Waals surface area (Å²) in [5.74, 6) is -8.78. The van der Waals surface area contributed by atoms with Crippen LogP contribution in [0.5, 0.6) is 0 Å². The van der Waals surface area contributed by atoms with Crippen LogP contribution in [0.25, 0.3) is 22.1 Å². The van der Waals surface area contributed by atoms with Crippen molar-refractivity contribution in [3.8, 4) is 11.1 Å². The number of rotatable bonds is 7. The number of hydrogen-bond acceptors (Lipinski definition) is 7. The fourth-order valence-corrected chi connectivity index (χ4v) is 6.14. The highest BCUT2D eigenvalue weighted by Crippen LogP contribution is 2.40. The van der Waals surface area contributed by atoms with E-state index in [1.807, 2.05) is 0 Å². The largest absolute Gasteiger partial charge is 0.396 e. The first-order valence-electron chi connectivity index (χ1n) is 12.0. The van der Waals surface area contributed by atoms with Crippen LogP contribution in [0, 0.1) is 23.4 Å². The van der Waals surface area contributed by atoms with E-state index in [1.165, 1.54) is 18.2 Å². The highest BCUT2D eigenvalue weighted by molar-refractivity contribution is 8.04. The number of sulfonamides is 1. The van der Waals surface area contributed by atoms with E-state index in [2.05, 4.69) is 10.5 Å². The van der Waals surface area contributed by atoms with Crippen molar-refractivity contribution in [2.45, 2.75) is 37.3 Å². The number of aromatic nitrogens is 1. The van der Waals surface area contributed by atoms with E-state index in [4.69, 9.17) is 4.52 Å². The SMILES string of the molecule is O=C(Nc1noc2cccc(-c3c(F)cc(F)cc3F)c12)N1C[C@@H](NS(=O)(=O)C(=O)C2CC2)C(F)(F)[C@H]1CCO. The number of carbonyl (C=O) groups is 2. The number of carbonyl (C=O) groups excluding carboxylic acids is 2. The molecule has 3 aromatic rings. The second-order valence-electron chi connectivity index (χ2n) is 9.51. The van der Waals surface area contributed by atoms with Crippen LogP contribution in [0.3, 0.4) is 0 Å². The van der Waals surface area contributed by atoms with Crippen LogP contribution >= 0.6 is 0 Å². The third-order valence-electron chi connectivity index (χ3n) is 6.80. The number of likely N-dealkylation sites (tertiary alicyclic amines) is 1. The number of benzene rings is 2. The van der Waals surface area contributed by atoms with E-state index in [0.717, 1.165) is 0 Å². The van der Waals surface area contributed by atoms with Crippen molar-refractivity contribution >= 4 is 38.0 Å². The Balaban J connectivity index is 1.46. The number of alkyl halides is 2. The quantitative estimate of drug-likeness (QED) is 0.360. The first-order chi connectivity index (χ1) is 18.8. The summed E-state index contributed by atoms with van der Waals surface area (Å²) in [6, 6.07) is -0.558. The number of aliphatic hydroxyl groups is 1. The molecule has 3 N–H and O–H groups in total. The molecule has 0 radical (unpaired) electrons. The maximum absolute atomic E-state index is 15.3. The van der Waals surface area contributed by atoms with Crippen LogP contribution in [-0.4, -0.2) is 65.9 Å². The lowest BCUT2D eigenvalue weighted by Crippen LogP contribution is -2.51. The molecular weight excluding hydrogens is 567 g/mol. The van der Waals surface area contributed by atoms with Crippen LogP contribution in [0.15, 0.2) is 34.9 Å². The fourth-order valence-electron chi connectivity index (χ4n) is 4.74. The number of anilines is 1. The van der Waals surface area contributed by atoms with Crippen LogP contribution < -0.4 is 10.0 Å². The zero-order valence-electron chi connectivity index (χ0n) is 20.3. The molecule has 5 rings (SSSR count). The Kier molecular flexibility index (Phi) is 7.04. The van der Waals surface area contributed by atoms with E-state index >= 15 is 8.78 Å². The molecule has 40 heavy (non-hydrogen) atoms. The van der Waals surface area contributed by atoms with Crippen molar-refractivity contribution < 1.29 is 49.6 Å². The summed E-state index contributed by atoms with van der Waals surface area (Å²) >= 11 is 0. The zero-order chi connectivity index (χ0) is 29.0. The van der Waals surface area contributed by atoms with E-state index in [0.29, 0.717) is 29.9 Å². The molecule has 1 saturated heterocycles. The molecule has 2 atom stereocenters. The van der Waals surface area contributed by atoms with Crippen LogP contribution in [0.2, 0.25) is 0 Å². The number of hydrogen-bond donors (Lipinski definition) is 3. The van der Waals surface area contributed by atoms with E-state index in [1.54, 1.807) is 4.72 Å². The van der Waals surface area contributed by atoms with Gasteiger partial charge in [0.25, 0.3) is 21.1 Å². The van der Waals surface area contributed by atoms with Crippen molar-refractivity contribution in [1.82, 2.24) is 14.8 Å². The molecule has 2 aromatic carbocycles. The van der Waals surface area contributed by atoms with Gasteiger partial charge in [0.2, 0.25) is 0 Å². The summed E-state index contributed by atoms with van der Waals surface area (Å²) in [6.07, 6.45) is -0.00426. The Morgan fingerprint density at radius 1 is 1.15 bits per heavy atom. The number of amides is 2. The average Bonchev–Trinajstić information content (AvgIpc) is 3.59. The van der Waals surface area contributed by atoms with Crippen molar-refractivity contribution in [3.63, 3.8) is 0 Å². The van der Waals surface area contributed by atoms with Gasteiger partial charge in [0.1, 0.15) is 29.5 Å². The second kappa shape index (κ2) is 10.1. The van der Waals surface area contributed by atoms with Gasteiger partial charge in [0.15, 0.2) is 11.4 Å². The predicted molar refractivity (Wildman–Crippen MR) is 129 cm³/mol. The predicted octanol–water partition coefficient (Wildman–Crippen LogP) is 3.37. The minimum Gasteiger partial charge on any atom is -0.396 e. The normalized spacial score (nSPS) is 20.7. The molecular formula is C24H21F5N4O6S. The third-order valence-corrected chi connectivity index (χ3v) is 8.26. The van der Waals surface area contributed by atoms with Gasteiger partial charge in [-0.25, -0.2) is 35.2 Å². The van der Waals surface area contributed by atoms with E-state index in [9.17, 15) is 36.3 Å². The van der Waals surface area contributed by atoms with Crippen LogP contribution in [0.4, 0.5) is 32.6 Å². The Bertz CT molecular complexity index is 1590. The van der Waals surface area contributed by atoms with Gasteiger partial charge in [-0.3, -0.25) is 10.1 Å². The van der Waals surface area contributed by atoms with Crippen molar-refractivity contribution in [3.05, 3.63) is 47.8 Å². The van der Waals surface area contributed by atoms with Crippen molar-refractivity contribution in [1.29, 1.82) is 0 Å². The Morgan fingerprint density at radius 2 is 1.82 bits per heavy atom. The summed E-state index contributed by atoms with van der Waals surface area (Å²) in [5, 5.41) is 13.9. The van der Waals surface area contributed by atoms with Crippen molar-refractivity contribution in [2.75, 3.05) is 18.5 Å². The standard InChI is InChI=1S/C24H21F5N4O6S/c25-12-8-14(26)19(15(27)9-12)13-2-1-3-16-20(13)21(31-39-16)30-23(36)33-10-17(24(28,29)18(33)6-7-34)32-40(37,38)22(35)11-4-5-11/h1-3,8-9,11,17-18,32,34H,4-7,10H2,(H,30,31,36)/t17-,18-/m1/s1. The zero-order valence-corrected chi connectivity index (χ0v) is 21.2. The van der Waals surface area contributed by atoms with Crippen LogP contribution in [-0.2, 0) is 14.8 Å². The number of nitrogens with one attached hydrogen (secondary N) is 2. The summed E-state index contributed by atoms with van der Waals surface area (Å²) in [6.45, 7) is -1.67. The molecule has 2 aliphatic rings. The molecule has 1 aromatic heterocycles. The first-order valence-corrected chi connectivity index (χ1v) is 13.5. The molecule has 1 aliphatic heterocycles. The lowest BCUT2D eigenvalue weighted by molar-refractivity contribution is -0.113. The molecule has 0 bridgehead atoms. The second-order valence-corrected chi connectivity index (χ2v) is 11.2. The van der Waals surface area contributed by atoms with Gasteiger partial charge in [0, 0.05) is 36.8 Å². The van der Waals surface area contributed by atoms with E-state index in [-0.39, 0.29) is 16.5 Å². The number of nitrogens with zero attached hydrogens (tertiary/aromatic N) is 2. The maximum atomic E-state index is 15.3. The smallest absolute Gasteiger partial charge is 0.323 e. The maximum Gasteiger partial charge on any atom is 0.323 e. The lowest BCUT2D eigenvalue weighted by Gasteiger charge is -2.27. The molecule has 10 nitrogen and oxygen atoms in total. The third kappa shape index (κ3) is 4.90. The molecule has 1 aliphatic carbocycles. The molecule has 2 amide bonds. The number of halogens is 5. The van der Waals surface area contributed by atoms with Gasteiger partial charge in [-0.15, -0.1) is 0 Å². The van der Waals surface area contributed by atoms with Gasteiger partial charge in [-0.1, -0.05) is 17.3 Å². The average molecular weight is 589 g/mol. The Morgan fingerprint density at radius 3 is 2.45 bits per heavy atom. The molecule has 0 unspecified atom stereocenters. The van der Waals surface area contributed by atoms with Gasteiger partial charge < -0.3 is 14.5 Å². The molecule has 1 saturated carbocycles. The van der Waals surface area contributed by atoms with E-state index < -0.39 is 93.5 Å². The number of fused-ring (bicyclic) bond motifs is 1. The van der Waals surface area contributed by atoms with Gasteiger partial charge in [-0.05, 0) is 25.3 Å². The molecule has 2 heterocycles. The Hall–Kier alpha value is -3.63. The Labute approximate surface area is 223 Å². The molecule has 214 valence electrons. The van der Waals surface area contributed by atoms with Gasteiger partial charge in [0.05, 0.1) is 10.9 Å². The molecule has 16 heteroatoms. The molecule has 2 fully saturated rings. The topological polar surface area (TPSA) is 142 Å². The number of urea groups is 1. The minimum atomic E-state index is -4.78. The monoisotopic (exact) mass is 588 g/mol. The van der Waals surface area contributed by atoms with Gasteiger partial charge in [-0.2, -0.15) is 4.72 Å². The van der Waals surface area contributed by atoms with Crippen molar-refractivity contribution in [2.24, 2.45) is 5.92 Å². The number of aliphatic hydroxyl groups excluding tert-OH is 1. The summed E-state index contributed by atoms with van der Waals surface area (Å²) < 4.78 is 105. The highest BCUT2D eigenvalue weighted by Gasteiger charge is 2.59.